The second-order valence-electron chi connectivity index (χ2n) is 18.7. The Morgan fingerprint density at radius 1 is 0.558 bits per heavy atom. The minimum absolute atomic E-state index is 0.0873. The highest BCUT2D eigenvalue weighted by atomic mass is 17.3. The van der Waals surface area contributed by atoms with Crippen molar-refractivity contribution < 1.29 is 48.1 Å². The van der Waals surface area contributed by atoms with Gasteiger partial charge in [-0.1, -0.05) is 27.7 Å². The molecule has 11 rings (SSSR count). The zero-order valence-corrected chi connectivity index (χ0v) is 32.2. The van der Waals surface area contributed by atoms with Gasteiger partial charge in [-0.05, 0) is 101 Å². The van der Waals surface area contributed by atoms with Gasteiger partial charge in [0.15, 0.2) is 23.8 Å². The van der Waals surface area contributed by atoms with Gasteiger partial charge in [-0.2, -0.15) is 0 Å². The topological polar surface area (TPSA) is 114 Å². The first-order valence-corrected chi connectivity index (χ1v) is 20.8. The number of fused-ring (bicyclic) bond motifs is 4. The van der Waals surface area contributed by atoms with Crippen LogP contribution in [-0.4, -0.2) is 95.4 Å². The largest absolute Gasteiger partial charge is 0.346 e. The van der Waals surface area contributed by atoms with Crippen molar-refractivity contribution >= 4 is 11.8 Å². The fourth-order valence-electron chi connectivity index (χ4n) is 12.7. The Balaban J connectivity index is 0.770. The minimum Gasteiger partial charge on any atom is -0.346 e. The van der Waals surface area contributed by atoms with E-state index in [0.717, 1.165) is 51.4 Å². The number of carbonyl (C=O) groups is 2. The first kappa shape index (κ1) is 36.3. The highest BCUT2D eigenvalue weighted by molar-refractivity contribution is 5.78. The summed E-state index contributed by atoms with van der Waals surface area (Å²) in [7, 11) is 0. The number of ether oxygens (including phenoxy) is 4. The third-order valence-electron chi connectivity index (χ3n) is 15.9. The first-order valence-electron chi connectivity index (χ1n) is 20.8. The van der Waals surface area contributed by atoms with E-state index in [1.54, 1.807) is 0 Å². The van der Waals surface area contributed by atoms with Crippen molar-refractivity contribution in [3.63, 3.8) is 0 Å². The maximum atomic E-state index is 13.5. The van der Waals surface area contributed by atoms with Gasteiger partial charge in [0, 0.05) is 63.7 Å². The number of rotatable bonds is 6. The van der Waals surface area contributed by atoms with Gasteiger partial charge in [0.1, 0.15) is 0 Å². The van der Waals surface area contributed by atoms with Gasteiger partial charge in [-0.25, -0.2) is 19.6 Å². The Morgan fingerprint density at radius 2 is 0.962 bits per heavy atom. The van der Waals surface area contributed by atoms with Crippen molar-refractivity contribution in [2.45, 2.75) is 166 Å². The molecular weight excluding hydrogens is 668 g/mol. The molecule has 2 spiro atoms. The fraction of sp³-hybridized carbons (Fsp3) is 0.950. The van der Waals surface area contributed by atoms with Crippen LogP contribution in [0.25, 0.3) is 0 Å². The van der Waals surface area contributed by atoms with Crippen LogP contribution in [0, 0.1) is 47.3 Å². The van der Waals surface area contributed by atoms with Crippen LogP contribution in [0.1, 0.15) is 119 Å². The molecule has 0 aromatic rings. The molecule has 2 aliphatic carbocycles. The smallest absolute Gasteiger partial charge is 0.222 e. The summed E-state index contributed by atoms with van der Waals surface area (Å²) in [5.41, 5.74) is -1.16. The van der Waals surface area contributed by atoms with Gasteiger partial charge < -0.3 is 28.7 Å². The van der Waals surface area contributed by atoms with E-state index >= 15 is 0 Å². The highest BCUT2D eigenvalue weighted by Gasteiger charge is 2.70. The second-order valence-corrected chi connectivity index (χ2v) is 18.7. The number of carbonyl (C=O) groups excluding carboxylic acids is 2. The molecule has 0 N–H and O–H groups in total. The molecule has 12 heteroatoms. The molecule has 16 atom stereocenters. The third kappa shape index (κ3) is 5.58. The lowest BCUT2D eigenvalue weighted by molar-refractivity contribution is -0.571. The van der Waals surface area contributed by atoms with Gasteiger partial charge in [0.2, 0.25) is 23.4 Å². The minimum atomic E-state index is -0.802. The van der Waals surface area contributed by atoms with Crippen LogP contribution >= 0.6 is 0 Å². The normalized spacial score (nSPS) is 52.3. The molecule has 0 unspecified atom stereocenters. The molecule has 52 heavy (non-hydrogen) atoms. The summed E-state index contributed by atoms with van der Waals surface area (Å²) in [4.78, 5) is 55.4. The number of amides is 2. The van der Waals surface area contributed by atoms with Crippen molar-refractivity contribution in [2.75, 3.05) is 26.2 Å². The zero-order valence-electron chi connectivity index (χ0n) is 32.2. The highest BCUT2D eigenvalue weighted by Crippen LogP contribution is 2.62. The average Bonchev–Trinajstić information content (AvgIpc) is 3.51. The molecule has 9 heterocycles. The van der Waals surface area contributed by atoms with Crippen molar-refractivity contribution in [3.05, 3.63) is 0 Å². The molecule has 2 saturated carbocycles. The van der Waals surface area contributed by atoms with E-state index in [1.165, 1.54) is 0 Å². The lowest BCUT2D eigenvalue weighted by Crippen LogP contribution is -2.70. The summed E-state index contributed by atoms with van der Waals surface area (Å²) in [6.07, 6.45) is 9.00. The molecular formula is C40H62N2O10. The molecule has 11 aliphatic rings. The van der Waals surface area contributed by atoms with Gasteiger partial charge in [0.25, 0.3) is 0 Å². The monoisotopic (exact) mass is 730 g/mol. The lowest BCUT2D eigenvalue weighted by atomic mass is 9.57. The van der Waals surface area contributed by atoms with Gasteiger partial charge in [-0.15, -0.1) is 0 Å². The maximum absolute atomic E-state index is 13.5. The van der Waals surface area contributed by atoms with E-state index in [-0.39, 0.29) is 47.7 Å². The summed E-state index contributed by atoms with van der Waals surface area (Å²) in [5, 5.41) is 0. The fourth-order valence-corrected chi connectivity index (χ4v) is 12.7. The van der Waals surface area contributed by atoms with Crippen LogP contribution in [0.15, 0.2) is 0 Å². The third-order valence-corrected chi connectivity index (χ3v) is 15.9. The van der Waals surface area contributed by atoms with Crippen LogP contribution in [0.2, 0.25) is 0 Å². The predicted molar refractivity (Wildman–Crippen MR) is 185 cm³/mol. The quantitative estimate of drug-likeness (QED) is 0.315. The molecule has 0 aromatic carbocycles. The molecule has 9 saturated heterocycles. The summed E-state index contributed by atoms with van der Waals surface area (Å²) in [6, 6.07) is 0. The molecule has 9 aliphatic heterocycles. The van der Waals surface area contributed by atoms with Crippen LogP contribution in [0.5, 0.6) is 0 Å². The van der Waals surface area contributed by atoms with Crippen LogP contribution in [-0.2, 0) is 48.1 Å². The maximum Gasteiger partial charge on any atom is 0.222 e. The average molecular weight is 731 g/mol. The van der Waals surface area contributed by atoms with Crippen molar-refractivity contribution in [2.24, 2.45) is 47.3 Å². The second kappa shape index (κ2) is 13.1. The molecule has 2 amide bonds. The van der Waals surface area contributed by atoms with E-state index in [4.69, 9.17) is 38.5 Å². The molecule has 292 valence electrons. The van der Waals surface area contributed by atoms with E-state index in [9.17, 15) is 9.59 Å². The predicted octanol–water partition coefficient (Wildman–Crippen LogP) is 5.72. The molecule has 0 radical (unpaired) electrons. The number of piperazine rings is 1. The zero-order chi connectivity index (χ0) is 36.2. The Labute approximate surface area is 309 Å². The van der Waals surface area contributed by atoms with Gasteiger partial charge in [-0.3, -0.25) is 9.59 Å². The van der Waals surface area contributed by atoms with E-state index < -0.39 is 35.4 Å². The summed E-state index contributed by atoms with van der Waals surface area (Å²) in [5.74, 6) is 1.32. The van der Waals surface area contributed by atoms with Gasteiger partial charge in [0.05, 0.1) is 12.2 Å². The standard InChI is InChI=1S/C40H62N2O10/c1-23-7-9-29-25(3)31(45-35-39(29)27(23)15-17-37(5,47-35)49-51-39)11-13-33(43)41-19-21-42(22-20-41)34(44)14-12-32-26(4)30-10-8-24(2)28-16-18-38(6)48-36(46-32)40(28,30)52-50-38/h23-32,35-36H,7-22H2,1-6H3/t23-,24-,25-,26-,27+,28+,29+,30+,31-,32-,35-,36-,37-,38-,39-,40-/m1/s1. The SMILES string of the molecule is C[C@H]1[C@@H](CCC(=O)N2CCN(C(=O)CC[C@H]3O[C@@H]4O[C@@]5(C)CC[C@H]6[C@H](C)CC[C@@H]([C@H]3C)[C@@]46OO5)CC2)O[C@@H]2O[C@@]3(C)CC[C@H]4[C@H](C)CC[C@@H]1[C@@]24OO3. The van der Waals surface area contributed by atoms with Crippen LogP contribution < -0.4 is 0 Å². The first-order chi connectivity index (χ1) is 24.9. The van der Waals surface area contributed by atoms with Crippen molar-refractivity contribution in [3.8, 4) is 0 Å². The van der Waals surface area contributed by atoms with Crippen LogP contribution in [0.4, 0.5) is 0 Å². The Kier molecular flexibility index (Phi) is 9.14. The van der Waals surface area contributed by atoms with E-state index in [1.807, 2.05) is 23.6 Å². The number of hydrogen-bond donors (Lipinski definition) is 0. The summed E-state index contributed by atoms with van der Waals surface area (Å²) < 4.78 is 26.5. The van der Waals surface area contributed by atoms with E-state index in [2.05, 4.69) is 27.7 Å². The summed E-state index contributed by atoms with van der Waals surface area (Å²) in [6.45, 7) is 15.3. The Morgan fingerprint density at radius 3 is 1.37 bits per heavy atom. The Bertz CT molecular complexity index is 1290. The lowest BCUT2D eigenvalue weighted by Gasteiger charge is -2.60. The number of nitrogens with zero attached hydrogens (tertiary/aromatic N) is 2. The Hall–Kier alpha value is -1.38. The summed E-state index contributed by atoms with van der Waals surface area (Å²) >= 11 is 0. The molecule has 4 bridgehead atoms. The van der Waals surface area contributed by atoms with E-state index in [0.29, 0.717) is 75.5 Å². The molecule has 11 fully saturated rings. The van der Waals surface area contributed by atoms with Crippen LogP contribution in [0.3, 0.4) is 0 Å². The molecule has 0 aromatic heterocycles. The molecule has 12 nitrogen and oxygen atoms in total. The van der Waals surface area contributed by atoms with Crippen molar-refractivity contribution in [1.82, 2.24) is 9.80 Å². The van der Waals surface area contributed by atoms with Crippen molar-refractivity contribution in [1.29, 1.82) is 0 Å². The van der Waals surface area contributed by atoms with Gasteiger partial charge >= 0.3 is 0 Å². The number of hydrogen-bond acceptors (Lipinski definition) is 10.